The minimum atomic E-state index is -0.866. The van der Waals surface area contributed by atoms with Gasteiger partial charge in [0.2, 0.25) is 17.8 Å². The van der Waals surface area contributed by atoms with Crippen molar-refractivity contribution in [3.05, 3.63) is 118 Å². The van der Waals surface area contributed by atoms with Crippen LogP contribution < -0.4 is 10.6 Å². The summed E-state index contributed by atoms with van der Waals surface area (Å²) in [5.74, 6) is -0.605. The molecular weight excluding hydrogens is 570 g/mol. The number of benzene rings is 4. The number of nitriles is 1. The van der Waals surface area contributed by atoms with Gasteiger partial charge >= 0.3 is 0 Å². The van der Waals surface area contributed by atoms with Crippen LogP contribution in [0.4, 0.5) is 11.4 Å². The number of nitrogens with zero attached hydrogens (tertiary/aromatic N) is 5. The summed E-state index contributed by atoms with van der Waals surface area (Å²) < 4.78 is 0. The molecule has 0 radical (unpaired) electrons. The van der Waals surface area contributed by atoms with Crippen molar-refractivity contribution in [3.63, 3.8) is 0 Å². The van der Waals surface area contributed by atoms with Gasteiger partial charge < -0.3 is 15.1 Å². The summed E-state index contributed by atoms with van der Waals surface area (Å²) in [5.41, 5.74) is 1.69. The van der Waals surface area contributed by atoms with Crippen molar-refractivity contribution >= 4 is 39.9 Å². The number of rotatable bonds is 9. The van der Waals surface area contributed by atoms with Gasteiger partial charge in [-0.25, -0.2) is 4.99 Å². The van der Waals surface area contributed by atoms with E-state index in [9.17, 15) is 25.0 Å². The third kappa shape index (κ3) is 7.43. The largest absolute Gasteiger partial charge is 0.342 e. The smallest absolute Gasteiger partial charge is 0.294 e. The first-order valence-electron chi connectivity index (χ1n) is 14.6. The molecule has 0 aliphatic carbocycles. The predicted octanol–water partition coefficient (Wildman–Crippen LogP) is 4.66. The van der Waals surface area contributed by atoms with Crippen molar-refractivity contribution in [2.75, 3.05) is 13.6 Å². The fourth-order valence-electron chi connectivity index (χ4n) is 5.60. The molecule has 11 heteroatoms. The van der Waals surface area contributed by atoms with Crippen molar-refractivity contribution in [1.82, 2.24) is 20.4 Å². The first-order valence-corrected chi connectivity index (χ1v) is 14.6. The van der Waals surface area contributed by atoms with Crippen LogP contribution in [0.5, 0.6) is 0 Å². The van der Waals surface area contributed by atoms with Gasteiger partial charge in [0.05, 0.1) is 4.92 Å². The average molecular weight is 604 g/mol. The van der Waals surface area contributed by atoms with Gasteiger partial charge in [0.15, 0.2) is 6.19 Å². The summed E-state index contributed by atoms with van der Waals surface area (Å²) in [7, 11) is 1.71. The molecule has 2 atom stereocenters. The number of nitrogens with one attached hydrogen (secondary N) is 2. The number of nitro groups is 1. The third-order valence-electron chi connectivity index (χ3n) is 7.81. The highest BCUT2D eigenvalue weighted by Crippen LogP contribution is 2.28. The maximum atomic E-state index is 13.9. The molecule has 1 aliphatic rings. The topological polar surface area (TPSA) is 144 Å². The van der Waals surface area contributed by atoms with Gasteiger partial charge in [-0.2, -0.15) is 5.26 Å². The van der Waals surface area contributed by atoms with Crippen LogP contribution in [0.25, 0.3) is 10.8 Å². The SMILES string of the molecule is CN(Cc1ccccc1)C(=O)[C@H](Cc1ccc2ccccc2c1)NC(=O)[C@@H]1CCCN1C(=Nc1ccccc1[N+](=O)[O-])NC#N. The van der Waals surface area contributed by atoms with Crippen molar-refractivity contribution in [1.29, 1.82) is 5.26 Å². The molecule has 2 N–H and O–H groups in total. The molecule has 45 heavy (non-hydrogen) atoms. The van der Waals surface area contributed by atoms with Crippen LogP contribution in [-0.2, 0) is 22.6 Å². The number of para-hydroxylation sites is 2. The van der Waals surface area contributed by atoms with Gasteiger partial charge in [-0.3, -0.25) is 25.0 Å². The Kier molecular flexibility index (Phi) is 9.64. The monoisotopic (exact) mass is 603 g/mol. The molecule has 1 fully saturated rings. The molecule has 0 bridgehead atoms. The van der Waals surface area contributed by atoms with E-state index in [1.54, 1.807) is 22.9 Å². The lowest BCUT2D eigenvalue weighted by Gasteiger charge is -2.29. The first-order chi connectivity index (χ1) is 21.8. The number of fused-ring (bicyclic) bond motifs is 1. The summed E-state index contributed by atoms with van der Waals surface area (Å²) in [6.45, 7) is 0.765. The molecule has 228 valence electrons. The number of carbonyl (C=O) groups excluding carboxylic acids is 2. The molecular formula is C34H33N7O4. The highest BCUT2D eigenvalue weighted by Gasteiger charge is 2.36. The van der Waals surface area contributed by atoms with Gasteiger partial charge in [0.25, 0.3) is 5.69 Å². The zero-order valence-electron chi connectivity index (χ0n) is 24.8. The normalized spacial score (nSPS) is 15.2. The molecule has 1 saturated heterocycles. The molecule has 11 nitrogen and oxygen atoms in total. The van der Waals surface area contributed by atoms with E-state index in [4.69, 9.17) is 0 Å². The molecule has 4 aromatic rings. The molecule has 0 unspecified atom stereocenters. The second-order valence-electron chi connectivity index (χ2n) is 10.9. The standard InChI is InChI=1S/C34H33N7O4/c1-39(22-24-10-3-2-4-11-24)33(43)29(21-25-17-18-26-12-5-6-13-27(26)20-25)37-32(42)31-16-9-19-40(31)34(36-23-35)38-28-14-7-8-15-30(28)41(44)45/h2-8,10-15,17-18,20,29,31H,9,16,19,21-22H2,1H3,(H,36,38)(H,37,42)/t29-,31-/m0/s1. The quantitative estimate of drug-likeness (QED) is 0.0707. The summed E-state index contributed by atoms with van der Waals surface area (Å²) in [6, 6.07) is 27.9. The number of carbonyl (C=O) groups is 2. The van der Waals surface area contributed by atoms with Crippen LogP contribution in [0.1, 0.15) is 24.0 Å². The van der Waals surface area contributed by atoms with E-state index in [1.165, 1.54) is 18.2 Å². The van der Waals surface area contributed by atoms with Gasteiger partial charge in [0, 0.05) is 32.6 Å². The fraction of sp³-hybridized carbons (Fsp3) is 0.235. The molecule has 0 saturated carbocycles. The first kappa shape index (κ1) is 30.7. The van der Waals surface area contributed by atoms with Crippen LogP contribution in [0.2, 0.25) is 0 Å². The Balaban J connectivity index is 1.41. The maximum absolute atomic E-state index is 13.9. The van der Waals surface area contributed by atoms with Crippen LogP contribution in [-0.4, -0.2) is 58.2 Å². The van der Waals surface area contributed by atoms with Crippen molar-refractivity contribution < 1.29 is 14.5 Å². The fourth-order valence-corrected chi connectivity index (χ4v) is 5.60. The average Bonchev–Trinajstić information content (AvgIpc) is 3.55. The van der Waals surface area contributed by atoms with E-state index in [1.807, 2.05) is 79.0 Å². The zero-order chi connectivity index (χ0) is 31.8. The minimum Gasteiger partial charge on any atom is -0.342 e. The molecule has 1 aliphatic heterocycles. The molecule has 5 rings (SSSR count). The Morgan fingerprint density at radius 3 is 2.49 bits per heavy atom. The second kappa shape index (κ2) is 14.1. The van der Waals surface area contributed by atoms with Crippen molar-refractivity contribution in [2.24, 2.45) is 4.99 Å². The highest BCUT2D eigenvalue weighted by molar-refractivity contribution is 5.94. The van der Waals surface area contributed by atoms with Gasteiger partial charge in [-0.05, 0) is 40.8 Å². The number of likely N-dealkylation sites (tertiary alicyclic amines) is 1. The lowest BCUT2D eigenvalue weighted by Crippen LogP contribution is -2.55. The molecule has 0 spiro atoms. The van der Waals surface area contributed by atoms with E-state index in [0.29, 0.717) is 25.9 Å². The Hall–Kier alpha value is -5.76. The summed E-state index contributed by atoms with van der Waals surface area (Å²) >= 11 is 0. The number of amides is 2. The van der Waals surface area contributed by atoms with Crippen LogP contribution in [0.15, 0.2) is 102 Å². The minimum absolute atomic E-state index is 0.0306. The molecule has 0 aromatic heterocycles. The van der Waals surface area contributed by atoms with Gasteiger partial charge in [-0.1, -0.05) is 84.9 Å². The Labute approximate surface area is 260 Å². The second-order valence-corrected chi connectivity index (χ2v) is 10.9. The van der Waals surface area contributed by atoms with E-state index < -0.39 is 22.9 Å². The molecule has 1 heterocycles. The number of hydrogen-bond donors (Lipinski definition) is 2. The Morgan fingerprint density at radius 2 is 1.73 bits per heavy atom. The Morgan fingerprint density at radius 1 is 1.02 bits per heavy atom. The lowest BCUT2D eigenvalue weighted by molar-refractivity contribution is -0.384. The van der Waals surface area contributed by atoms with Crippen LogP contribution >= 0.6 is 0 Å². The Bertz CT molecular complexity index is 1770. The van der Waals surface area contributed by atoms with Crippen molar-refractivity contribution in [2.45, 2.75) is 37.9 Å². The number of guanidine groups is 1. The zero-order valence-corrected chi connectivity index (χ0v) is 24.8. The van der Waals surface area contributed by atoms with Crippen LogP contribution in [0.3, 0.4) is 0 Å². The molecule has 2 amide bonds. The van der Waals surface area contributed by atoms with Crippen molar-refractivity contribution in [3.8, 4) is 6.19 Å². The third-order valence-corrected chi connectivity index (χ3v) is 7.81. The highest BCUT2D eigenvalue weighted by atomic mass is 16.6. The number of aliphatic imine (C=N–C) groups is 1. The predicted molar refractivity (Wildman–Crippen MR) is 171 cm³/mol. The van der Waals surface area contributed by atoms with E-state index in [-0.39, 0.29) is 29.7 Å². The van der Waals surface area contributed by atoms with E-state index in [0.717, 1.165) is 21.9 Å². The van der Waals surface area contributed by atoms with Crippen LogP contribution in [0, 0.1) is 21.6 Å². The van der Waals surface area contributed by atoms with Gasteiger partial charge in [0.1, 0.15) is 17.8 Å². The van der Waals surface area contributed by atoms with E-state index in [2.05, 4.69) is 15.6 Å². The summed E-state index contributed by atoms with van der Waals surface area (Å²) in [5, 5.41) is 28.6. The van der Waals surface area contributed by atoms with Gasteiger partial charge in [-0.15, -0.1) is 0 Å². The summed E-state index contributed by atoms with van der Waals surface area (Å²) in [4.78, 5) is 46.4. The molecule has 4 aromatic carbocycles. The maximum Gasteiger partial charge on any atom is 0.294 e. The number of nitro benzene ring substituents is 1. The van der Waals surface area contributed by atoms with E-state index >= 15 is 0 Å². The summed E-state index contributed by atoms with van der Waals surface area (Å²) in [6.07, 6.45) is 3.18. The number of likely N-dealkylation sites (N-methyl/N-ethyl adjacent to an activating group) is 1. The number of hydrogen-bond acceptors (Lipinski definition) is 6. The lowest BCUT2D eigenvalue weighted by atomic mass is 10.00.